The second kappa shape index (κ2) is 10.7. The Kier molecular flexibility index (Phi) is 7.75. The summed E-state index contributed by atoms with van der Waals surface area (Å²) in [5.41, 5.74) is 0.551. The number of aryl methyl sites for hydroxylation is 2. The lowest BCUT2D eigenvalue weighted by Gasteiger charge is -2.34. The van der Waals surface area contributed by atoms with Gasteiger partial charge in [-0.3, -0.25) is 14.5 Å². The molecule has 2 aliphatic rings. The van der Waals surface area contributed by atoms with Crippen molar-refractivity contribution in [3.8, 4) is 0 Å². The molecule has 33 heavy (non-hydrogen) atoms. The first-order chi connectivity index (χ1) is 15.9. The van der Waals surface area contributed by atoms with Crippen LogP contribution in [-0.2, 0) is 28.1 Å². The Morgan fingerprint density at radius 2 is 1.85 bits per heavy atom. The van der Waals surface area contributed by atoms with Crippen LogP contribution in [0.15, 0.2) is 9.90 Å². The summed E-state index contributed by atoms with van der Waals surface area (Å²) >= 11 is 1.67. The maximum absolute atomic E-state index is 12.8. The largest absolute Gasteiger partial charge is 0.343 e. The van der Waals surface area contributed by atoms with E-state index in [9.17, 15) is 9.59 Å². The van der Waals surface area contributed by atoms with Crippen LogP contribution in [0.1, 0.15) is 74.3 Å². The Labute approximate surface area is 198 Å². The highest BCUT2D eigenvalue weighted by Crippen LogP contribution is 2.34. The van der Waals surface area contributed by atoms with Gasteiger partial charge in [-0.15, -0.1) is 11.3 Å². The van der Waals surface area contributed by atoms with E-state index in [4.69, 9.17) is 4.52 Å². The second-order valence-corrected chi connectivity index (χ2v) is 10.3. The number of amides is 2. The number of carbonyl (C=O) groups excluding carboxylic acids is 2. The van der Waals surface area contributed by atoms with E-state index in [1.807, 2.05) is 11.8 Å². The van der Waals surface area contributed by atoms with Crippen molar-refractivity contribution in [1.29, 1.82) is 0 Å². The molecular formula is C23H34N6O3S. The minimum Gasteiger partial charge on any atom is -0.343 e. The van der Waals surface area contributed by atoms with Crippen molar-refractivity contribution in [2.45, 2.75) is 77.3 Å². The first-order valence-corrected chi connectivity index (χ1v) is 12.8. The van der Waals surface area contributed by atoms with Gasteiger partial charge in [0.15, 0.2) is 5.82 Å². The number of thiazole rings is 1. The van der Waals surface area contributed by atoms with Gasteiger partial charge in [0.2, 0.25) is 17.7 Å². The summed E-state index contributed by atoms with van der Waals surface area (Å²) < 4.78 is 5.49. The van der Waals surface area contributed by atoms with Crippen molar-refractivity contribution in [2.24, 2.45) is 0 Å². The van der Waals surface area contributed by atoms with Gasteiger partial charge in [-0.1, -0.05) is 30.8 Å². The highest BCUT2D eigenvalue weighted by Gasteiger charge is 2.38. The minimum absolute atomic E-state index is 0.0810. The molecule has 1 saturated carbocycles. The average Bonchev–Trinajstić information content (AvgIpc) is 3.37. The molecule has 3 heterocycles. The topological polar surface area (TPSA) is 104 Å². The predicted molar refractivity (Wildman–Crippen MR) is 125 cm³/mol. The zero-order valence-electron chi connectivity index (χ0n) is 19.6. The van der Waals surface area contributed by atoms with Crippen LogP contribution in [0.3, 0.4) is 0 Å². The third kappa shape index (κ3) is 6.17. The van der Waals surface area contributed by atoms with Gasteiger partial charge in [0.05, 0.1) is 10.7 Å². The van der Waals surface area contributed by atoms with E-state index in [2.05, 4.69) is 30.7 Å². The molecule has 2 fully saturated rings. The summed E-state index contributed by atoms with van der Waals surface area (Å²) in [6.45, 7) is 7.55. The number of piperazine rings is 1. The summed E-state index contributed by atoms with van der Waals surface area (Å²) in [6.07, 6.45) is 6.74. The molecule has 0 aromatic carbocycles. The highest BCUT2D eigenvalue weighted by atomic mass is 32.1. The minimum atomic E-state index is -0.555. The van der Waals surface area contributed by atoms with Crippen molar-refractivity contribution in [3.05, 3.63) is 27.8 Å². The van der Waals surface area contributed by atoms with Crippen LogP contribution in [0.4, 0.5) is 0 Å². The number of rotatable bonds is 7. The van der Waals surface area contributed by atoms with Crippen LogP contribution in [0.2, 0.25) is 0 Å². The zero-order valence-corrected chi connectivity index (χ0v) is 20.5. The Bertz CT molecular complexity index is 942. The van der Waals surface area contributed by atoms with Crippen molar-refractivity contribution < 1.29 is 14.1 Å². The lowest BCUT2D eigenvalue weighted by molar-refractivity contribution is -0.133. The van der Waals surface area contributed by atoms with E-state index in [1.54, 1.807) is 11.3 Å². The third-order valence-corrected chi connectivity index (χ3v) is 7.42. The number of nitrogens with one attached hydrogen (secondary N) is 1. The van der Waals surface area contributed by atoms with Crippen LogP contribution in [-0.4, -0.2) is 62.9 Å². The van der Waals surface area contributed by atoms with Crippen LogP contribution < -0.4 is 5.32 Å². The van der Waals surface area contributed by atoms with E-state index in [0.29, 0.717) is 24.6 Å². The molecule has 10 heteroatoms. The lowest BCUT2D eigenvalue weighted by Crippen LogP contribution is -2.48. The molecule has 0 bridgehead atoms. The molecule has 2 amide bonds. The van der Waals surface area contributed by atoms with E-state index in [0.717, 1.165) is 82.0 Å². The molecule has 1 aliphatic heterocycles. The molecule has 0 radical (unpaired) electrons. The summed E-state index contributed by atoms with van der Waals surface area (Å²) in [5, 5.41) is 10.5. The van der Waals surface area contributed by atoms with Gasteiger partial charge in [-0.05, 0) is 19.8 Å². The Morgan fingerprint density at radius 1 is 1.12 bits per heavy atom. The van der Waals surface area contributed by atoms with Gasteiger partial charge in [0.25, 0.3) is 0 Å². The first-order valence-electron chi connectivity index (χ1n) is 12.0. The fourth-order valence-electron chi connectivity index (χ4n) is 4.86. The molecule has 9 nitrogen and oxygen atoms in total. The smallest absolute Gasteiger partial charge is 0.227 e. The summed E-state index contributed by atoms with van der Waals surface area (Å²) in [7, 11) is 0. The zero-order chi connectivity index (χ0) is 23.3. The SMILES string of the molecule is CC(=O)NC1(c2noc(CCC(=O)N3CCN(Cc4csc(C)n4)CC3)n2)CCCCCC1. The van der Waals surface area contributed by atoms with E-state index >= 15 is 0 Å². The Hall–Kier alpha value is -2.33. The average molecular weight is 475 g/mol. The maximum Gasteiger partial charge on any atom is 0.227 e. The van der Waals surface area contributed by atoms with E-state index in [1.165, 1.54) is 6.92 Å². The van der Waals surface area contributed by atoms with Crippen molar-refractivity contribution >= 4 is 23.2 Å². The molecule has 0 spiro atoms. The van der Waals surface area contributed by atoms with Crippen LogP contribution in [0.5, 0.6) is 0 Å². The third-order valence-electron chi connectivity index (χ3n) is 6.60. The van der Waals surface area contributed by atoms with Gasteiger partial charge in [-0.2, -0.15) is 4.98 Å². The van der Waals surface area contributed by atoms with Gasteiger partial charge in [-0.25, -0.2) is 4.98 Å². The van der Waals surface area contributed by atoms with Crippen LogP contribution in [0, 0.1) is 6.92 Å². The van der Waals surface area contributed by atoms with Gasteiger partial charge >= 0.3 is 0 Å². The maximum atomic E-state index is 12.8. The highest BCUT2D eigenvalue weighted by molar-refractivity contribution is 7.09. The molecule has 2 aromatic rings. The van der Waals surface area contributed by atoms with Crippen molar-refractivity contribution in [2.75, 3.05) is 26.2 Å². The fourth-order valence-corrected chi connectivity index (χ4v) is 5.47. The standard InChI is InChI=1S/C23H34N6O3S/c1-17(30)26-23(9-5-3-4-6-10-23)22-25-20(32-27-22)7-8-21(31)29-13-11-28(12-14-29)15-19-16-33-18(2)24-19/h16H,3-15H2,1-2H3,(H,26,30). The van der Waals surface area contributed by atoms with Gasteiger partial charge < -0.3 is 14.7 Å². The lowest BCUT2D eigenvalue weighted by atomic mass is 9.89. The molecule has 0 atom stereocenters. The molecule has 1 N–H and O–H groups in total. The molecule has 1 aliphatic carbocycles. The number of hydrogen-bond donors (Lipinski definition) is 1. The second-order valence-electron chi connectivity index (χ2n) is 9.20. The summed E-state index contributed by atoms with van der Waals surface area (Å²) in [6, 6.07) is 0. The summed E-state index contributed by atoms with van der Waals surface area (Å²) in [4.78, 5) is 38.0. The van der Waals surface area contributed by atoms with Crippen molar-refractivity contribution in [3.63, 3.8) is 0 Å². The first kappa shape index (κ1) is 23.8. The molecule has 4 rings (SSSR count). The van der Waals surface area contributed by atoms with E-state index in [-0.39, 0.29) is 11.8 Å². The molecular weight excluding hydrogens is 440 g/mol. The molecule has 0 unspecified atom stereocenters. The number of hydrogen-bond acceptors (Lipinski definition) is 8. The van der Waals surface area contributed by atoms with Gasteiger partial charge in [0.1, 0.15) is 5.54 Å². The number of carbonyl (C=O) groups is 2. The van der Waals surface area contributed by atoms with Gasteiger partial charge in [0, 0.05) is 57.9 Å². The predicted octanol–water partition coefficient (Wildman–Crippen LogP) is 2.80. The number of nitrogens with zero attached hydrogens (tertiary/aromatic N) is 5. The quantitative estimate of drug-likeness (QED) is 0.615. The Morgan fingerprint density at radius 3 is 2.48 bits per heavy atom. The molecule has 180 valence electrons. The monoisotopic (exact) mass is 474 g/mol. The molecule has 1 saturated heterocycles. The normalized spacial score (nSPS) is 19.3. The molecule has 2 aromatic heterocycles. The fraction of sp³-hybridized carbons (Fsp3) is 0.696. The van der Waals surface area contributed by atoms with Crippen molar-refractivity contribution in [1.82, 2.24) is 30.2 Å². The number of aromatic nitrogens is 3. The Balaban J connectivity index is 1.28. The summed E-state index contributed by atoms with van der Waals surface area (Å²) in [5.74, 6) is 1.05. The van der Waals surface area contributed by atoms with Crippen LogP contribution in [0.25, 0.3) is 0 Å². The van der Waals surface area contributed by atoms with Crippen LogP contribution >= 0.6 is 11.3 Å². The van der Waals surface area contributed by atoms with E-state index < -0.39 is 5.54 Å².